The van der Waals surface area contributed by atoms with Crippen LogP contribution in [0.25, 0.3) is 0 Å². The zero-order valence-electron chi connectivity index (χ0n) is 13.0. The average Bonchev–Trinajstić information content (AvgIpc) is 2.48. The van der Waals surface area contributed by atoms with E-state index in [0.717, 1.165) is 10.6 Å². The summed E-state index contributed by atoms with van der Waals surface area (Å²) in [5.74, 6) is 0. The molecule has 0 fully saturated rings. The normalized spacial score (nSPS) is 11.8. The molecule has 116 valence electrons. The Morgan fingerprint density at radius 3 is 2.36 bits per heavy atom. The molecule has 0 spiro atoms. The minimum absolute atomic E-state index is 0.130. The highest BCUT2D eigenvalue weighted by molar-refractivity contribution is 8.01. The lowest BCUT2D eigenvalue weighted by molar-refractivity contribution is 0.131. The van der Waals surface area contributed by atoms with E-state index in [9.17, 15) is 0 Å². The zero-order chi connectivity index (χ0) is 16.0. The van der Waals surface area contributed by atoms with Crippen molar-refractivity contribution in [1.29, 1.82) is 0 Å². The second-order valence-electron chi connectivity index (χ2n) is 5.65. The molecule has 2 nitrogen and oxygen atoms in total. The van der Waals surface area contributed by atoms with Crippen molar-refractivity contribution < 1.29 is 4.84 Å². The highest BCUT2D eigenvalue weighted by Gasteiger charge is 2.17. The first kappa shape index (κ1) is 16.9. The Kier molecular flexibility index (Phi) is 5.92. The van der Waals surface area contributed by atoms with Gasteiger partial charge in [-0.05, 0) is 50.6 Å². The van der Waals surface area contributed by atoms with Gasteiger partial charge in [-0.25, -0.2) is 0 Å². The Hall–Kier alpha value is -1.45. The molecule has 22 heavy (non-hydrogen) atoms. The lowest BCUT2D eigenvalue weighted by Crippen LogP contribution is -2.16. The van der Waals surface area contributed by atoms with Gasteiger partial charge in [-0.2, -0.15) is 0 Å². The maximum atomic E-state index is 5.85. The zero-order valence-corrected chi connectivity index (χ0v) is 14.6. The predicted molar refractivity (Wildman–Crippen MR) is 95.8 cm³/mol. The number of benzene rings is 2. The second-order valence-corrected chi connectivity index (χ2v) is 7.82. The number of aryl methyl sites for hydroxylation is 1. The van der Waals surface area contributed by atoms with Crippen LogP contribution in [0.4, 0.5) is 0 Å². The smallest absolute Gasteiger partial charge is 0.142 e. The molecule has 0 saturated heterocycles. The fourth-order valence-corrected chi connectivity index (χ4v) is 2.89. The lowest BCUT2D eigenvalue weighted by Gasteiger charge is -2.18. The van der Waals surface area contributed by atoms with Gasteiger partial charge < -0.3 is 4.84 Å². The van der Waals surface area contributed by atoms with E-state index < -0.39 is 0 Å². The number of nitrogens with zero attached hydrogens (tertiary/aromatic N) is 1. The maximum absolute atomic E-state index is 5.85. The number of oxime groups is 1. The van der Waals surface area contributed by atoms with E-state index in [1.807, 2.05) is 30.5 Å². The summed E-state index contributed by atoms with van der Waals surface area (Å²) in [5.41, 5.74) is 2.31. The molecule has 0 amide bonds. The van der Waals surface area contributed by atoms with Crippen molar-refractivity contribution in [2.45, 2.75) is 37.0 Å². The van der Waals surface area contributed by atoms with E-state index in [1.165, 1.54) is 10.5 Å². The Bertz CT molecular complexity index is 621. The van der Waals surface area contributed by atoms with E-state index in [1.54, 1.807) is 11.8 Å². The first-order valence-corrected chi connectivity index (χ1v) is 8.31. The molecule has 0 radical (unpaired) electrons. The van der Waals surface area contributed by atoms with Crippen molar-refractivity contribution >= 4 is 29.6 Å². The third-order valence-electron chi connectivity index (χ3n) is 2.98. The summed E-state index contributed by atoms with van der Waals surface area (Å²) < 4.78 is -0.130. The number of halogens is 1. The van der Waals surface area contributed by atoms with Crippen LogP contribution < -0.4 is 0 Å². The van der Waals surface area contributed by atoms with Gasteiger partial charge in [0.1, 0.15) is 6.61 Å². The summed E-state index contributed by atoms with van der Waals surface area (Å²) in [5, 5.41) is 4.82. The molecule has 2 aromatic carbocycles. The SMILES string of the molecule is Cc1ccc(SC(C)(C)C=NOCc2ccc(Cl)cc2)cc1. The molecule has 0 heterocycles. The lowest BCUT2D eigenvalue weighted by atomic mass is 10.2. The Balaban J connectivity index is 1.85. The van der Waals surface area contributed by atoms with Gasteiger partial charge in [0.2, 0.25) is 0 Å². The number of thioether (sulfide) groups is 1. The van der Waals surface area contributed by atoms with Crippen molar-refractivity contribution in [2.24, 2.45) is 5.16 Å². The van der Waals surface area contributed by atoms with Crippen LogP contribution in [0.15, 0.2) is 58.6 Å². The summed E-state index contributed by atoms with van der Waals surface area (Å²) in [4.78, 5) is 6.59. The van der Waals surface area contributed by atoms with Crippen LogP contribution in [0.1, 0.15) is 25.0 Å². The molecule has 0 aliphatic rings. The van der Waals surface area contributed by atoms with Crippen LogP contribution in [-0.4, -0.2) is 11.0 Å². The van der Waals surface area contributed by atoms with Gasteiger partial charge in [0.25, 0.3) is 0 Å². The van der Waals surface area contributed by atoms with Gasteiger partial charge in [-0.3, -0.25) is 0 Å². The highest BCUT2D eigenvalue weighted by Crippen LogP contribution is 2.31. The van der Waals surface area contributed by atoms with Crippen molar-refractivity contribution in [3.63, 3.8) is 0 Å². The molecule has 4 heteroatoms. The quantitative estimate of drug-likeness (QED) is 0.383. The van der Waals surface area contributed by atoms with Crippen molar-refractivity contribution in [2.75, 3.05) is 0 Å². The van der Waals surface area contributed by atoms with Gasteiger partial charge in [0.05, 0.1) is 11.0 Å². The fraction of sp³-hybridized carbons (Fsp3) is 0.278. The van der Waals surface area contributed by atoms with Gasteiger partial charge in [0.15, 0.2) is 0 Å². The molecule has 0 aromatic heterocycles. The van der Waals surface area contributed by atoms with Crippen molar-refractivity contribution in [1.82, 2.24) is 0 Å². The highest BCUT2D eigenvalue weighted by atomic mass is 35.5. The van der Waals surface area contributed by atoms with Gasteiger partial charge in [0, 0.05) is 9.92 Å². The van der Waals surface area contributed by atoms with E-state index in [4.69, 9.17) is 16.4 Å². The first-order valence-electron chi connectivity index (χ1n) is 7.11. The third-order valence-corrected chi connectivity index (χ3v) is 4.38. The average molecular weight is 334 g/mol. The molecule has 0 aliphatic heterocycles. The molecule has 0 atom stereocenters. The molecule has 0 saturated carbocycles. The van der Waals surface area contributed by atoms with Crippen LogP contribution >= 0.6 is 23.4 Å². The summed E-state index contributed by atoms with van der Waals surface area (Å²) in [6.07, 6.45) is 1.84. The van der Waals surface area contributed by atoms with E-state index >= 15 is 0 Å². The molecule has 0 N–H and O–H groups in total. The largest absolute Gasteiger partial charge is 0.391 e. The van der Waals surface area contributed by atoms with Gasteiger partial charge in [-0.15, -0.1) is 11.8 Å². The van der Waals surface area contributed by atoms with Crippen molar-refractivity contribution in [3.8, 4) is 0 Å². The predicted octanol–water partition coefficient (Wildman–Crippen LogP) is 5.72. The molecule has 2 rings (SSSR count). The Morgan fingerprint density at radius 2 is 1.73 bits per heavy atom. The standard InChI is InChI=1S/C18H20ClNOS/c1-14-4-10-17(11-5-14)22-18(2,3)13-20-21-12-15-6-8-16(19)9-7-15/h4-11,13H,12H2,1-3H3. The Morgan fingerprint density at radius 1 is 1.09 bits per heavy atom. The molecule has 2 aromatic rings. The third kappa shape index (κ3) is 5.74. The van der Waals surface area contributed by atoms with Crippen LogP contribution in [-0.2, 0) is 11.4 Å². The number of rotatable bonds is 6. The van der Waals surface area contributed by atoms with Gasteiger partial charge >= 0.3 is 0 Å². The van der Waals surface area contributed by atoms with Crippen LogP contribution in [0.3, 0.4) is 0 Å². The first-order chi connectivity index (χ1) is 10.4. The van der Waals surface area contributed by atoms with Crippen molar-refractivity contribution in [3.05, 3.63) is 64.7 Å². The van der Waals surface area contributed by atoms with E-state index in [0.29, 0.717) is 6.61 Å². The second kappa shape index (κ2) is 7.70. The monoisotopic (exact) mass is 333 g/mol. The minimum Gasteiger partial charge on any atom is -0.391 e. The maximum Gasteiger partial charge on any atom is 0.142 e. The Labute approximate surface area is 141 Å². The summed E-state index contributed by atoms with van der Waals surface area (Å²) in [7, 11) is 0. The summed E-state index contributed by atoms with van der Waals surface area (Å²) in [6, 6.07) is 16.1. The molecule has 0 aliphatic carbocycles. The molecule has 0 unspecified atom stereocenters. The van der Waals surface area contributed by atoms with Crippen LogP contribution in [0, 0.1) is 6.92 Å². The number of hydrogen-bond acceptors (Lipinski definition) is 3. The molecule has 0 bridgehead atoms. The van der Waals surface area contributed by atoms with Crippen LogP contribution in [0.5, 0.6) is 0 Å². The van der Waals surface area contributed by atoms with Crippen LogP contribution in [0.2, 0.25) is 5.02 Å². The number of hydrogen-bond donors (Lipinski definition) is 0. The van der Waals surface area contributed by atoms with E-state index in [-0.39, 0.29) is 4.75 Å². The summed E-state index contributed by atoms with van der Waals surface area (Å²) in [6.45, 7) is 6.77. The summed E-state index contributed by atoms with van der Waals surface area (Å²) >= 11 is 7.60. The molecular formula is C18H20ClNOS. The van der Waals surface area contributed by atoms with Gasteiger partial charge in [-0.1, -0.05) is 46.6 Å². The van der Waals surface area contributed by atoms with E-state index in [2.05, 4.69) is 50.2 Å². The molecular weight excluding hydrogens is 314 g/mol. The minimum atomic E-state index is -0.130. The topological polar surface area (TPSA) is 21.6 Å². The fourth-order valence-electron chi connectivity index (χ4n) is 1.79.